The first-order chi connectivity index (χ1) is 16.6. The van der Waals surface area contributed by atoms with E-state index in [1.165, 1.54) is 6.07 Å². The first-order valence-electron chi connectivity index (χ1n) is 11.1. The van der Waals surface area contributed by atoms with Crippen LogP contribution in [0.25, 0.3) is 11.1 Å². The molecule has 9 heteroatoms. The molecule has 1 amide bonds. The second kappa shape index (κ2) is 7.63. The summed E-state index contributed by atoms with van der Waals surface area (Å²) < 4.78 is 0. The van der Waals surface area contributed by atoms with Crippen LogP contribution < -0.4 is 5.73 Å². The average Bonchev–Trinajstić information content (AvgIpc) is 2.79. The van der Waals surface area contributed by atoms with Gasteiger partial charge >= 0.3 is 0 Å². The van der Waals surface area contributed by atoms with E-state index in [4.69, 9.17) is 5.73 Å². The fraction of sp³-hybridized carbons (Fsp3) is 0.269. The monoisotopic (exact) mass is 474 g/mol. The van der Waals surface area contributed by atoms with E-state index in [1.54, 1.807) is 6.07 Å². The maximum Gasteiger partial charge on any atom is 0.255 e. The van der Waals surface area contributed by atoms with Crippen LogP contribution in [-0.4, -0.2) is 38.3 Å². The van der Waals surface area contributed by atoms with Gasteiger partial charge in [-0.25, -0.2) is 0 Å². The molecule has 5 N–H and O–H groups in total. The van der Waals surface area contributed by atoms with E-state index in [9.17, 15) is 34.6 Å². The Morgan fingerprint density at radius 3 is 2.37 bits per heavy atom. The van der Waals surface area contributed by atoms with Gasteiger partial charge in [0, 0.05) is 17.9 Å². The molecule has 5 rings (SSSR count). The lowest BCUT2D eigenvalue weighted by atomic mass is 9.58. The Hall–Kier alpha value is -4.27. The van der Waals surface area contributed by atoms with Gasteiger partial charge in [-0.3, -0.25) is 14.4 Å². The maximum absolute atomic E-state index is 13.7. The molecule has 0 aliphatic heterocycles. The van der Waals surface area contributed by atoms with Crippen molar-refractivity contribution in [2.45, 2.75) is 31.7 Å². The smallest absolute Gasteiger partial charge is 0.255 e. The van der Waals surface area contributed by atoms with Gasteiger partial charge in [-0.05, 0) is 53.6 Å². The van der Waals surface area contributed by atoms with Crippen LogP contribution in [0, 0.1) is 23.7 Å². The van der Waals surface area contributed by atoms with Crippen LogP contribution >= 0.6 is 0 Å². The number of primary amides is 1. The van der Waals surface area contributed by atoms with Crippen LogP contribution in [0.5, 0.6) is 5.75 Å². The van der Waals surface area contributed by atoms with Crippen molar-refractivity contribution in [2.24, 2.45) is 22.7 Å². The van der Waals surface area contributed by atoms with Crippen LogP contribution in [0.1, 0.15) is 34.3 Å². The number of aliphatic hydroxyl groups excluding tert-OH is 2. The van der Waals surface area contributed by atoms with E-state index < -0.39 is 51.9 Å². The minimum atomic E-state index is -2.44. The first-order valence-corrected chi connectivity index (χ1v) is 11.1. The Balaban J connectivity index is 1.71. The SMILES string of the molecule is Cc1ccc(-c2ccc(O)c3c2C[C@H]2C[C@H]4CC(O)=C(C(N)=O)C(=O)[C@@]4(N=O)C(O)=C2C3=O)cc1. The summed E-state index contributed by atoms with van der Waals surface area (Å²) in [5.74, 6) is -6.48. The third-order valence-corrected chi connectivity index (χ3v) is 7.45. The number of phenols is 1. The third kappa shape index (κ3) is 2.97. The maximum atomic E-state index is 13.7. The molecule has 3 atom stereocenters. The fourth-order valence-electron chi connectivity index (χ4n) is 5.78. The third-order valence-electron chi connectivity index (χ3n) is 7.45. The van der Waals surface area contributed by atoms with Crippen molar-refractivity contribution in [3.63, 3.8) is 0 Å². The summed E-state index contributed by atoms with van der Waals surface area (Å²) in [4.78, 5) is 50.7. The number of aromatic hydroxyl groups is 1. The lowest BCUT2D eigenvalue weighted by Gasteiger charge is -2.44. The zero-order valence-corrected chi connectivity index (χ0v) is 18.7. The van der Waals surface area contributed by atoms with Gasteiger partial charge in [-0.1, -0.05) is 35.9 Å². The zero-order chi connectivity index (χ0) is 25.2. The molecular formula is C26H22N2O7. The van der Waals surface area contributed by atoms with Crippen molar-refractivity contribution in [1.82, 2.24) is 0 Å². The van der Waals surface area contributed by atoms with Crippen molar-refractivity contribution >= 4 is 17.5 Å². The number of nitrogens with two attached hydrogens (primary N) is 1. The Bertz CT molecular complexity index is 1400. The quantitative estimate of drug-likeness (QED) is 0.391. The normalized spacial score (nSPS) is 25.6. The predicted octanol–water partition coefficient (Wildman–Crippen LogP) is 3.33. The molecule has 0 spiro atoms. The van der Waals surface area contributed by atoms with Gasteiger partial charge in [-0.2, -0.15) is 0 Å². The number of aliphatic hydroxyl groups is 2. The summed E-state index contributed by atoms with van der Waals surface area (Å²) in [6.07, 6.45) is 0.0293. The second-order valence-corrected chi connectivity index (χ2v) is 9.35. The number of phenolic OH excluding ortho intramolecular Hbond substituents is 1. The number of carbonyl (C=O) groups excluding carboxylic acids is 3. The van der Waals surface area contributed by atoms with Gasteiger partial charge in [0.15, 0.2) is 5.78 Å². The standard InChI is InChI=1S/C26H22N2O7/c1-11-2-4-12(5-3-11)15-6-7-17(29)20-16(15)9-13-8-14-10-18(30)21(25(27)34)24(33)26(14,28-35)23(32)19(13)22(20)31/h2-7,13-14,29-30,32H,8-10H2,1H3,(H2,27,34)/t13-,14+,26+/m1/s1. The van der Waals surface area contributed by atoms with E-state index in [-0.39, 0.29) is 36.1 Å². The highest BCUT2D eigenvalue weighted by Gasteiger charge is 2.62. The van der Waals surface area contributed by atoms with E-state index in [1.807, 2.05) is 31.2 Å². The van der Waals surface area contributed by atoms with Crippen LogP contribution in [0.3, 0.4) is 0 Å². The molecule has 0 aromatic heterocycles. The number of amides is 1. The Kier molecular flexibility index (Phi) is 4.91. The second-order valence-electron chi connectivity index (χ2n) is 9.35. The highest BCUT2D eigenvalue weighted by atomic mass is 16.3. The molecule has 0 fully saturated rings. The number of allylic oxidation sites excluding steroid dienone is 2. The van der Waals surface area contributed by atoms with Crippen LogP contribution in [0.4, 0.5) is 0 Å². The van der Waals surface area contributed by atoms with Crippen LogP contribution in [0.15, 0.2) is 64.2 Å². The van der Waals surface area contributed by atoms with Gasteiger partial charge in [0.1, 0.15) is 22.8 Å². The van der Waals surface area contributed by atoms with Gasteiger partial charge in [0.2, 0.25) is 11.3 Å². The predicted molar refractivity (Wildman–Crippen MR) is 125 cm³/mol. The van der Waals surface area contributed by atoms with Crippen LogP contribution in [0.2, 0.25) is 0 Å². The number of benzene rings is 2. The highest BCUT2D eigenvalue weighted by Crippen LogP contribution is 2.53. The van der Waals surface area contributed by atoms with Crippen molar-refractivity contribution in [3.05, 3.63) is 80.7 Å². The number of aryl methyl sites for hydroxylation is 1. The number of carbonyl (C=O) groups is 3. The molecule has 3 aliphatic rings. The molecule has 2 aromatic carbocycles. The van der Waals surface area contributed by atoms with Gasteiger partial charge < -0.3 is 21.1 Å². The lowest BCUT2D eigenvalue weighted by molar-refractivity contribution is -0.127. The molecule has 0 radical (unpaired) electrons. The van der Waals surface area contributed by atoms with Crippen molar-refractivity contribution in [3.8, 4) is 16.9 Å². The minimum Gasteiger partial charge on any atom is -0.511 e. The molecule has 0 unspecified atom stereocenters. The summed E-state index contributed by atoms with van der Waals surface area (Å²) in [5, 5.41) is 35.1. The summed E-state index contributed by atoms with van der Waals surface area (Å²) in [5.41, 5.74) is 5.01. The number of rotatable bonds is 3. The summed E-state index contributed by atoms with van der Waals surface area (Å²) in [7, 11) is 0. The van der Waals surface area contributed by atoms with Gasteiger partial charge in [-0.15, -0.1) is 4.91 Å². The zero-order valence-electron chi connectivity index (χ0n) is 18.7. The number of hydrogen-bond acceptors (Lipinski definition) is 8. The largest absolute Gasteiger partial charge is 0.511 e. The summed E-state index contributed by atoms with van der Waals surface area (Å²) in [6.45, 7) is 1.95. The Morgan fingerprint density at radius 2 is 1.74 bits per heavy atom. The van der Waals surface area contributed by atoms with E-state index >= 15 is 0 Å². The van der Waals surface area contributed by atoms with Crippen molar-refractivity contribution in [2.75, 3.05) is 0 Å². The van der Waals surface area contributed by atoms with Crippen LogP contribution in [-0.2, 0) is 16.0 Å². The minimum absolute atomic E-state index is 0.0165. The summed E-state index contributed by atoms with van der Waals surface area (Å²) >= 11 is 0. The number of hydrogen-bond donors (Lipinski definition) is 4. The average molecular weight is 474 g/mol. The first kappa shape index (κ1) is 22.5. The van der Waals surface area contributed by atoms with Crippen molar-refractivity contribution < 1.29 is 29.7 Å². The van der Waals surface area contributed by atoms with Crippen molar-refractivity contribution in [1.29, 1.82) is 0 Å². The molecule has 2 aromatic rings. The molecule has 0 bridgehead atoms. The summed E-state index contributed by atoms with van der Waals surface area (Å²) in [6, 6.07) is 10.8. The molecule has 0 saturated carbocycles. The molecule has 9 nitrogen and oxygen atoms in total. The molecule has 0 saturated heterocycles. The lowest BCUT2D eigenvalue weighted by Crippen LogP contribution is -2.55. The number of nitrogens with zero attached hydrogens (tertiary/aromatic N) is 1. The molecule has 3 aliphatic carbocycles. The molecule has 35 heavy (non-hydrogen) atoms. The highest BCUT2D eigenvalue weighted by molar-refractivity contribution is 6.25. The molecule has 178 valence electrons. The number of fused-ring (bicyclic) bond motifs is 3. The van der Waals surface area contributed by atoms with E-state index in [0.717, 1.165) is 16.7 Å². The van der Waals surface area contributed by atoms with E-state index in [0.29, 0.717) is 5.56 Å². The Labute approximate surface area is 199 Å². The Morgan fingerprint density at radius 1 is 1.06 bits per heavy atom. The number of Topliss-reactive ketones (excluding diaryl/α,β-unsaturated/α-hetero) is 2. The fourth-order valence-corrected chi connectivity index (χ4v) is 5.78. The van der Waals surface area contributed by atoms with Gasteiger partial charge in [0.25, 0.3) is 5.91 Å². The number of ketones is 2. The number of nitroso groups, excluding NO2 is 1. The topological polar surface area (TPSA) is 167 Å². The van der Waals surface area contributed by atoms with Gasteiger partial charge in [0.05, 0.1) is 5.56 Å². The van der Waals surface area contributed by atoms with E-state index in [2.05, 4.69) is 5.18 Å². The molecular weight excluding hydrogens is 452 g/mol. The molecule has 0 heterocycles.